The first-order valence-corrected chi connectivity index (χ1v) is 5.79. The zero-order valence-electron chi connectivity index (χ0n) is 8.95. The summed E-state index contributed by atoms with van der Waals surface area (Å²) >= 11 is 0. The van der Waals surface area contributed by atoms with E-state index in [9.17, 15) is 9.59 Å². The minimum atomic E-state index is -0.0249. The van der Waals surface area contributed by atoms with Crippen LogP contribution in [0.25, 0.3) is 0 Å². The van der Waals surface area contributed by atoms with E-state index in [0.717, 1.165) is 25.7 Å². The number of nitrogens with two attached hydrogens (primary N) is 1. The molecule has 1 aliphatic carbocycles. The van der Waals surface area contributed by atoms with Gasteiger partial charge in [-0.05, 0) is 31.6 Å². The van der Waals surface area contributed by atoms with E-state index in [-0.39, 0.29) is 17.9 Å². The molecule has 0 aromatic rings. The van der Waals surface area contributed by atoms with Gasteiger partial charge in [0.2, 0.25) is 11.8 Å². The van der Waals surface area contributed by atoms with Gasteiger partial charge < -0.3 is 5.73 Å². The predicted molar refractivity (Wildman–Crippen MR) is 55.9 cm³/mol. The van der Waals surface area contributed by atoms with Crippen LogP contribution in [0.4, 0.5) is 0 Å². The highest BCUT2D eigenvalue weighted by molar-refractivity contribution is 5.96. The minimum absolute atomic E-state index is 0.0140. The third kappa shape index (κ3) is 2.20. The number of imide groups is 1. The second-order valence-corrected chi connectivity index (χ2v) is 4.51. The fourth-order valence-electron chi connectivity index (χ4n) is 2.29. The molecule has 84 valence electrons. The molecule has 15 heavy (non-hydrogen) atoms. The predicted octanol–water partition coefficient (Wildman–Crippen LogP) is 0.653. The van der Waals surface area contributed by atoms with Gasteiger partial charge in [0.15, 0.2) is 0 Å². The average Bonchev–Trinajstić information content (AvgIpc) is 3.02. The second kappa shape index (κ2) is 4.31. The third-order valence-electron chi connectivity index (χ3n) is 3.31. The van der Waals surface area contributed by atoms with Crippen molar-refractivity contribution >= 4 is 11.8 Å². The van der Waals surface area contributed by atoms with Crippen molar-refractivity contribution in [2.75, 3.05) is 6.54 Å². The van der Waals surface area contributed by atoms with E-state index in [2.05, 4.69) is 0 Å². The first-order chi connectivity index (χ1) is 7.24. The summed E-state index contributed by atoms with van der Waals surface area (Å²) in [6.07, 6.45) is 4.91. The molecule has 0 radical (unpaired) electrons. The molecule has 2 amide bonds. The van der Waals surface area contributed by atoms with Crippen molar-refractivity contribution in [3.63, 3.8) is 0 Å². The first kappa shape index (κ1) is 10.6. The van der Waals surface area contributed by atoms with Crippen LogP contribution >= 0.6 is 0 Å². The number of carbonyl (C=O) groups excluding carboxylic acids is 2. The smallest absolute Gasteiger partial charge is 0.229 e. The van der Waals surface area contributed by atoms with E-state index in [0.29, 0.717) is 25.3 Å². The Morgan fingerprint density at radius 2 is 1.73 bits per heavy atom. The third-order valence-corrected chi connectivity index (χ3v) is 3.31. The van der Waals surface area contributed by atoms with Crippen LogP contribution in [-0.4, -0.2) is 29.3 Å². The summed E-state index contributed by atoms with van der Waals surface area (Å²) in [6.45, 7) is 0.419. The van der Waals surface area contributed by atoms with E-state index in [1.165, 1.54) is 4.90 Å². The number of hydrogen-bond acceptors (Lipinski definition) is 3. The summed E-state index contributed by atoms with van der Waals surface area (Å²) in [7, 11) is 0. The molecular formula is C11H18N2O2. The molecule has 0 bridgehead atoms. The minimum Gasteiger partial charge on any atom is -0.328 e. The Kier molecular flexibility index (Phi) is 3.05. The summed E-state index contributed by atoms with van der Waals surface area (Å²) in [5.41, 5.74) is 5.67. The molecule has 1 atom stereocenters. The van der Waals surface area contributed by atoms with Crippen molar-refractivity contribution in [1.82, 2.24) is 4.90 Å². The van der Waals surface area contributed by atoms with Gasteiger partial charge in [0.1, 0.15) is 0 Å². The van der Waals surface area contributed by atoms with Gasteiger partial charge in [-0.1, -0.05) is 0 Å². The maximum atomic E-state index is 11.8. The van der Waals surface area contributed by atoms with Gasteiger partial charge in [0, 0.05) is 19.4 Å². The molecule has 1 saturated carbocycles. The lowest BCUT2D eigenvalue weighted by Crippen LogP contribution is -2.48. The van der Waals surface area contributed by atoms with E-state index >= 15 is 0 Å². The number of nitrogens with zero attached hydrogens (tertiary/aromatic N) is 1. The number of carbonyl (C=O) groups is 2. The molecule has 0 spiro atoms. The molecule has 0 aromatic carbocycles. The van der Waals surface area contributed by atoms with Gasteiger partial charge in [-0.15, -0.1) is 0 Å². The largest absolute Gasteiger partial charge is 0.328 e. The highest BCUT2D eigenvalue weighted by atomic mass is 16.2. The molecule has 2 N–H and O–H groups in total. The summed E-state index contributed by atoms with van der Waals surface area (Å²) in [4.78, 5) is 25.1. The summed E-state index contributed by atoms with van der Waals surface area (Å²) in [5, 5.41) is 0. The second-order valence-electron chi connectivity index (χ2n) is 4.51. The number of hydrogen-bond donors (Lipinski definition) is 1. The van der Waals surface area contributed by atoms with Crippen molar-refractivity contribution in [2.24, 2.45) is 11.7 Å². The Labute approximate surface area is 89.8 Å². The topological polar surface area (TPSA) is 63.4 Å². The van der Waals surface area contributed by atoms with Gasteiger partial charge in [0.25, 0.3) is 0 Å². The lowest BCUT2D eigenvalue weighted by atomic mass is 10.1. The van der Waals surface area contributed by atoms with Crippen LogP contribution in [0.5, 0.6) is 0 Å². The molecule has 1 saturated heterocycles. The maximum Gasteiger partial charge on any atom is 0.229 e. The standard InChI is InChI=1S/C11H18N2O2/c12-7-9(8-5-6-8)13-10(14)3-1-2-4-11(13)15/h8-9H,1-7,12H2. The number of amides is 2. The van der Waals surface area contributed by atoms with Gasteiger partial charge in [-0.2, -0.15) is 0 Å². The molecule has 2 fully saturated rings. The highest BCUT2D eigenvalue weighted by Gasteiger charge is 2.39. The van der Waals surface area contributed by atoms with Gasteiger partial charge in [-0.3, -0.25) is 14.5 Å². The molecule has 1 aliphatic heterocycles. The lowest BCUT2D eigenvalue weighted by molar-refractivity contribution is -0.146. The summed E-state index contributed by atoms with van der Waals surface area (Å²) in [5.74, 6) is 0.445. The quantitative estimate of drug-likeness (QED) is 0.696. The van der Waals surface area contributed by atoms with Crippen LogP contribution in [0, 0.1) is 5.92 Å². The van der Waals surface area contributed by atoms with Gasteiger partial charge >= 0.3 is 0 Å². The van der Waals surface area contributed by atoms with Crippen molar-refractivity contribution in [3.05, 3.63) is 0 Å². The zero-order valence-corrected chi connectivity index (χ0v) is 8.95. The zero-order chi connectivity index (χ0) is 10.8. The Morgan fingerprint density at radius 1 is 1.20 bits per heavy atom. The molecule has 2 rings (SSSR count). The van der Waals surface area contributed by atoms with Crippen LogP contribution in [0.1, 0.15) is 38.5 Å². The monoisotopic (exact) mass is 210 g/mol. The average molecular weight is 210 g/mol. The maximum absolute atomic E-state index is 11.8. The molecule has 4 heteroatoms. The van der Waals surface area contributed by atoms with E-state index in [1.54, 1.807) is 0 Å². The van der Waals surface area contributed by atoms with Crippen LogP contribution < -0.4 is 5.73 Å². The Bertz CT molecular complexity index is 256. The van der Waals surface area contributed by atoms with Crippen LogP contribution in [0.2, 0.25) is 0 Å². The van der Waals surface area contributed by atoms with E-state index in [4.69, 9.17) is 5.73 Å². The molecule has 4 nitrogen and oxygen atoms in total. The van der Waals surface area contributed by atoms with Crippen molar-refractivity contribution in [3.8, 4) is 0 Å². The molecule has 0 aromatic heterocycles. The highest BCUT2D eigenvalue weighted by Crippen LogP contribution is 2.36. The van der Waals surface area contributed by atoms with E-state index < -0.39 is 0 Å². The fourth-order valence-corrected chi connectivity index (χ4v) is 2.29. The van der Waals surface area contributed by atoms with Gasteiger partial charge in [0.05, 0.1) is 6.04 Å². The lowest BCUT2D eigenvalue weighted by Gasteiger charge is -2.28. The number of rotatable bonds is 3. The molecular weight excluding hydrogens is 192 g/mol. The Morgan fingerprint density at radius 3 is 2.13 bits per heavy atom. The van der Waals surface area contributed by atoms with Crippen molar-refractivity contribution in [2.45, 2.75) is 44.6 Å². The molecule has 1 unspecified atom stereocenters. The fraction of sp³-hybridized carbons (Fsp3) is 0.818. The molecule has 2 aliphatic rings. The van der Waals surface area contributed by atoms with Crippen LogP contribution in [0.15, 0.2) is 0 Å². The van der Waals surface area contributed by atoms with Crippen molar-refractivity contribution < 1.29 is 9.59 Å². The molecule has 1 heterocycles. The van der Waals surface area contributed by atoms with Gasteiger partial charge in [-0.25, -0.2) is 0 Å². The SMILES string of the molecule is NCC(C1CC1)N1C(=O)CCCCC1=O. The van der Waals surface area contributed by atoms with Crippen LogP contribution in [0.3, 0.4) is 0 Å². The van der Waals surface area contributed by atoms with Crippen LogP contribution in [-0.2, 0) is 9.59 Å². The Hall–Kier alpha value is -0.900. The number of likely N-dealkylation sites (tertiary alicyclic amines) is 1. The first-order valence-electron chi connectivity index (χ1n) is 5.79. The normalized spacial score (nSPS) is 25.3. The Balaban J connectivity index is 2.13. The van der Waals surface area contributed by atoms with Crippen molar-refractivity contribution in [1.29, 1.82) is 0 Å². The van der Waals surface area contributed by atoms with E-state index in [1.807, 2.05) is 0 Å². The summed E-state index contributed by atoms with van der Waals surface area (Å²) in [6, 6.07) is -0.0249. The summed E-state index contributed by atoms with van der Waals surface area (Å²) < 4.78 is 0.